The van der Waals surface area contributed by atoms with Crippen LogP contribution in [0.3, 0.4) is 0 Å². The lowest BCUT2D eigenvalue weighted by molar-refractivity contribution is 0.445. The largest absolute Gasteiger partial charge is 0.423 e. The normalized spacial score (nSPS) is 11.4. The highest BCUT2D eigenvalue weighted by Crippen LogP contribution is 2.37. The Morgan fingerprint density at radius 1 is 0.560 bits per heavy atom. The fourth-order valence-corrected chi connectivity index (χ4v) is 3.79. The smallest absolute Gasteiger partial charge is 0.417 e. The summed E-state index contributed by atoms with van der Waals surface area (Å²) in [6.07, 6.45) is 0. The molecule has 2 heteroatoms. The van der Waals surface area contributed by atoms with Crippen molar-refractivity contribution in [2.75, 3.05) is 0 Å². The maximum absolute atomic E-state index is 10.8. The van der Waals surface area contributed by atoms with Crippen LogP contribution in [-0.4, -0.2) is 6.47 Å². The van der Waals surface area contributed by atoms with Gasteiger partial charge in [0.2, 0.25) is 0 Å². The summed E-state index contributed by atoms with van der Waals surface area (Å²) in [5.41, 5.74) is 0. The molecule has 1 radical (unpaired) electrons. The maximum Gasteiger partial charge on any atom is 0.423 e. The van der Waals surface area contributed by atoms with E-state index in [-0.39, 0.29) is 0 Å². The minimum Gasteiger partial charge on any atom is -0.417 e. The van der Waals surface area contributed by atoms with Crippen molar-refractivity contribution in [3.63, 3.8) is 0 Å². The van der Waals surface area contributed by atoms with Gasteiger partial charge in [-0.25, -0.2) is 4.79 Å². The van der Waals surface area contributed by atoms with Crippen molar-refractivity contribution in [1.82, 2.24) is 0 Å². The van der Waals surface area contributed by atoms with Crippen LogP contribution in [-0.2, 0) is 4.79 Å². The summed E-state index contributed by atoms with van der Waals surface area (Å²) in [5.74, 6) is 0.540. The average Bonchev–Trinajstić information content (AvgIpc) is 2.67. The molecular weight excluding hydrogens is 308 g/mol. The van der Waals surface area contributed by atoms with E-state index in [2.05, 4.69) is 60.7 Å². The Morgan fingerprint density at radius 2 is 1.20 bits per heavy atom. The third-order valence-electron chi connectivity index (χ3n) is 4.88. The summed E-state index contributed by atoms with van der Waals surface area (Å²) < 4.78 is 5.10. The van der Waals surface area contributed by atoms with Crippen molar-refractivity contribution in [2.24, 2.45) is 0 Å². The zero-order chi connectivity index (χ0) is 16.8. The average molecular weight is 321 g/mol. The van der Waals surface area contributed by atoms with E-state index >= 15 is 0 Å². The summed E-state index contributed by atoms with van der Waals surface area (Å²) >= 11 is 0. The monoisotopic (exact) mass is 321 g/mol. The number of rotatable bonds is 2. The highest BCUT2D eigenvalue weighted by atomic mass is 16.5. The van der Waals surface area contributed by atoms with Crippen LogP contribution in [0.4, 0.5) is 0 Å². The minimum absolute atomic E-state index is 0.540. The van der Waals surface area contributed by atoms with E-state index in [0.717, 1.165) is 21.5 Å². The first-order valence-electron chi connectivity index (χ1n) is 8.17. The first-order chi connectivity index (χ1) is 12.4. The Labute approximate surface area is 144 Å². The van der Waals surface area contributed by atoms with Crippen molar-refractivity contribution in [3.8, 4) is 5.75 Å². The minimum atomic E-state index is 0.540. The third kappa shape index (κ3) is 2.01. The molecule has 0 aliphatic carbocycles. The Morgan fingerprint density at radius 3 is 2.08 bits per heavy atom. The van der Waals surface area contributed by atoms with Gasteiger partial charge in [-0.3, -0.25) is 0 Å². The Hall–Kier alpha value is -3.39. The maximum atomic E-state index is 10.8. The van der Waals surface area contributed by atoms with Gasteiger partial charge in [-0.05, 0) is 43.8 Å². The van der Waals surface area contributed by atoms with Gasteiger partial charge in [0.25, 0.3) is 0 Å². The van der Waals surface area contributed by atoms with Gasteiger partial charge in [0.15, 0.2) is 0 Å². The van der Waals surface area contributed by atoms with Crippen LogP contribution in [0.15, 0.2) is 78.9 Å². The second-order valence-electron chi connectivity index (χ2n) is 6.15. The molecule has 0 aliphatic rings. The van der Waals surface area contributed by atoms with Crippen LogP contribution in [0.5, 0.6) is 5.75 Å². The Bertz CT molecular complexity index is 1290. The highest BCUT2D eigenvalue weighted by molar-refractivity contribution is 6.23. The van der Waals surface area contributed by atoms with Crippen LogP contribution in [0.25, 0.3) is 43.1 Å². The van der Waals surface area contributed by atoms with E-state index in [1.807, 2.05) is 12.1 Å². The summed E-state index contributed by atoms with van der Waals surface area (Å²) in [6.45, 7) is 1.55. The predicted octanol–water partition coefficient (Wildman–Crippen LogP) is 5.75. The molecule has 0 saturated heterocycles. The molecule has 0 atom stereocenters. The van der Waals surface area contributed by atoms with Crippen molar-refractivity contribution in [1.29, 1.82) is 0 Å². The van der Waals surface area contributed by atoms with Crippen molar-refractivity contribution in [3.05, 3.63) is 78.9 Å². The predicted molar refractivity (Wildman–Crippen MR) is 103 cm³/mol. The van der Waals surface area contributed by atoms with Gasteiger partial charge in [-0.2, -0.15) is 0 Å². The molecule has 0 N–H and O–H groups in total. The first-order valence-corrected chi connectivity index (χ1v) is 8.17. The molecule has 5 aromatic carbocycles. The number of fused-ring (bicyclic) bond motifs is 7. The molecule has 2 nitrogen and oxygen atoms in total. The van der Waals surface area contributed by atoms with Crippen LogP contribution in [0.2, 0.25) is 0 Å². The zero-order valence-electron chi connectivity index (χ0n) is 13.3. The van der Waals surface area contributed by atoms with Gasteiger partial charge in [0.1, 0.15) is 5.75 Å². The van der Waals surface area contributed by atoms with Gasteiger partial charge < -0.3 is 4.74 Å². The van der Waals surface area contributed by atoms with Gasteiger partial charge in [0, 0.05) is 5.39 Å². The van der Waals surface area contributed by atoms with Crippen molar-refractivity contribution >= 4 is 49.6 Å². The molecular formula is C23H13O2. The molecule has 5 rings (SSSR count). The van der Waals surface area contributed by atoms with E-state index in [1.54, 1.807) is 12.5 Å². The molecule has 0 saturated carbocycles. The van der Waals surface area contributed by atoms with E-state index in [9.17, 15) is 4.79 Å². The fourth-order valence-electron chi connectivity index (χ4n) is 3.79. The Kier molecular flexibility index (Phi) is 2.98. The van der Waals surface area contributed by atoms with E-state index in [0.29, 0.717) is 5.75 Å². The van der Waals surface area contributed by atoms with E-state index in [4.69, 9.17) is 4.74 Å². The van der Waals surface area contributed by atoms with Gasteiger partial charge in [0.05, 0.1) is 0 Å². The third-order valence-corrected chi connectivity index (χ3v) is 4.88. The van der Waals surface area contributed by atoms with Crippen LogP contribution >= 0.6 is 0 Å². The number of hydrogen-bond donors (Lipinski definition) is 0. The summed E-state index contributed by atoms with van der Waals surface area (Å²) in [5, 5.41) is 9.11. The van der Waals surface area contributed by atoms with Crippen LogP contribution < -0.4 is 4.74 Å². The SMILES string of the molecule is O=[C]Oc1cccc2ccc3c4ccc5ccccc5c4ccc3c12. The van der Waals surface area contributed by atoms with Crippen molar-refractivity contribution in [2.45, 2.75) is 0 Å². The van der Waals surface area contributed by atoms with Crippen molar-refractivity contribution < 1.29 is 9.53 Å². The fraction of sp³-hybridized carbons (Fsp3) is 0. The molecule has 25 heavy (non-hydrogen) atoms. The first kappa shape index (κ1) is 14.0. The molecule has 0 unspecified atom stereocenters. The van der Waals surface area contributed by atoms with Gasteiger partial charge in [-0.1, -0.05) is 72.8 Å². The second kappa shape index (κ2) is 5.32. The molecule has 0 heterocycles. The lowest BCUT2D eigenvalue weighted by atomic mass is 9.94. The van der Waals surface area contributed by atoms with Gasteiger partial charge in [-0.15, -0.1) is 0 Å². The molecule has 0 aliphatic heterocycles. The van der Waals surface area contributed by atoms with Crippen LogP contribution in [0, 0.1) is 0 Å². The van der Waals surface area contributed by atoms with E-state index in [1.165, 1.54) is 21.5 Å². The molecule has 0 spiro atoms. The molecule has 0 amide bonds. The van der Waals surface area contributed by atoms with E-state index < -0.39 is 0 Å². The number of hydrogen-bond acceptors (Lipinski definition) is 2. The topological polar surface area (TPSA) is 26.3 Å². The number of ether oxygens (including phenoxy) is 1. The molecule has 0 aromatic heterocycles. The second-order valence-corrected chi connectivity index (χ2v) is 6.15. The van der Waals surface area contributed by atoms with Crippen LogP contribution in [0.1, 0.15) is 0 Å². The summed E-state index contributed by atoms with van der Waals surface area (Å²) in [6, 6.07) is 26.9. The number of benzene rings is 5. The lowest BCUT2D eigenvalue weighted by Crippen LogP contribution is -1.90. The molecule has 0 fully saturated rings. The summed E-state index contributed by atoms with van der Waals surface area (Å²) in [7, 11) is 0. The van der Waals surface area contributed by atoms with Gasteiger partial charge >= 0.3 is 6.47 Å². The molecule has 5 aromatic rings. The Balaban J connectivity index is 1.98. The highest BCUT2D eigenvalue weighted by Gasteiger charge is 2.10. The molecule has 117 valence electrons. The molecule has 0 bridgehead atoms. The lowest BCUT2D eigenvalue weighted by Gasteiger charge is -2.11. The zero-order valence-corrected chi connectivity index (χ0v) is 13.3. The quantitative estimate of drug-likeness (QED) is 0.387. The standard InChI is InChI=1S/C23H13O2/c24-14-25-22-7-3-5-16-9-11-20-19-10-8-15-4-1-2-6-17(15)18(19)12-13-21(20)23(16)22/h1-13H. The number of carbonyl (C=O) groups excluding carboxylic acids is 1. The summed E-state index contributed by atoms with van der Waals surface area (Å²) in [4.78, 5) is 10.8.